The zero-order valence-corrected chi connectivity index (χ0v) is 13.3. The topological polar surface area (TPSA) is 66.6 Å². The maximum Gasteiger partial charge on any atom is 0.242 e. The first kappa shape index (κ1) is 17.0. The fourth-order valence-electron chi connectivity index (χ4n) is 2.97. The van der Waals surface area contributed by atoms with Crippen molar-refractivity contribution in [2.75, 3.05) is 26.7 Å². The van der Waals surface area contributed by atoms with Crippen LogP contribution in [0.3, 0.4) is 0 Å². The van der Waals surface area contributed by atoms with Gasteiger partial charge in [-0.1, -0.05) is 13.3 Å². The summed E-state index contributed by atoms with van der Waals surface area (Å²) in [5.74, 6) is 0.269. The van der Waals surface area contributed by atoms with Crippen LogP contribution in [0.2, 0.25) is 0 Å². The Morgan fingerprint density at radius 2 is 1.80 bits per heavy atom. The lowest BCUT2D eigenvalue weighted by atomic mass is 9.77. The van der Waals surface area contributed by atoms with Gasteiger partial charge in [-0.25, -0.2) is 0 Å². The first-order valence-electron chi connectivity index (χ1n) is 7.70. The minimum Gasteiger partial charge on any atom is -0.342 e. The third-order valence-corrected chi connectivity index (χ3v) is 4.48. The van der Waals surface area contributed by atoms with E-state index in [0.717, 1.165) is 19.3 Å². The molecule has 1 fully saturated rings. The summed E-state index contributed by atoms with van der Waals surface area (Å²) < 4.78 is 0. The van der Waals surface area contributed by atoms with Gasteiger partial charge in [-0.15, -0.1) is 0 Å². The Kier molecular flexibility index (Phi) is 6.46. The predicted molar refractivity (Wildman–Crippen MR) is 80.0 cm³/mol. The van der Waals surface area contributed by atoms with Crippen molar-refractivity contribution < 1.29 is 9.59 Å². The van der Waals surface area contributed by atoms with Gasteiger partial charge in [0.15, 0.2) is 0 Å². The van der Waals surface area contributed by atoms with Gasteiger partial charge in [-0.05, 0) is 32.6 Å². The minimum absolute atomic E-state index is 0.00304. The van der Waals surface area contributed by atoms with E-state index < -0.39 is 0 Å². The molecule has 1 saturated carbocycles. The molecule has 116 valence electrons. The molecule has 0 spiro atoms. The maximum atomic E-state index is 12.5. The van der Waals surface area contributed by atoms with Crippen LogP contribution < -0.4 is 5.73 Å². The fraction of sp³-hybridized carbons (Fsp3) is 0.867. The van der Waals surface area contributed by atoms with Gasteiger partial charge in [0.05, 0.1) is 12.5 Å². The van der Waals surface area contributed by atoms with Gasteiger partial charge >= 0.3 is 0 Å². The molecule has 0 bridgehead atoms. The summed E-state index contributed by atoms with van der Waals surface area (Å²) in [5, 5.41) is 0. The molecule has 1 aliphatic carbocycles. The Hall–Kier alpha value is -1.10. The second-order valence-corrected chi connectivity index (χ2v) is 5.85. The highest BCUT2D eigenvalue weighted by molar-refractivity contribution is 5.86. The number of likely N-dealkylation sites (N-methyl/N-ethyl adjacent to an activating group) is 2. The van der Waals surface area contributed by atoms with Crippen molar-refractivity contribution in [3.8, 4) is 0 Å². The number of nitrogens with two attached hydrogens (primary N) is 1. The van der Waals surface area contributed by atoms with E-state index in [4.69, 9.17) is 5.73 Å². The predicted octanol–water partition coefficient (Wildman–Crippen LogP) is 1.08. The van der Waals surface area contributed by atoms with E-state index in [9.17, 15) is 9.59 Å². The van der Waals surface area contributed by atoms with Crippen LogP contribution in [0.5, 0.6) is 0 Å². The van der Waals surface area contributed by atoms with Crippen molar-refractivity contribution in [3.05, 3.63) is 0 Å². The van der Waals surface area contributed by atoms with E-state index in [1.54, 1.807) is 16.8 Å². The number of amides is 2. The molecule has 5 heteroatoms. The molecule has 2 amide bonds. The van der Waals surface area contributed by atoms with Gasteiger partial charge in [0.1, 0.15) is 0 Å². The summed E-state index contributed by atoms with van der Waals surface area (Å²) in [6.45, 7) is 7.50. The van der Waals surface area contributed by atoms with E-state index >= 15 is 0 Å². The Balaban J connectivity index is 2.60. The fourth-order valence-corrected chi connectivity index (χ4v) is 2.97. The van der Waals surface area contributed by atoms with Crippen molar-refractivity contribution in [3.63, 3.8) is 0 Å². The molecular weight excluding hydrogens is 254 g/mol. The molecule has 3 unspecified atom stereocenters. The lowest BCUT2D eigenvalue weighted by Gasteiger charge is -2.35. The van der Waals surface area contributed by atoms with Crippen LogP contribution in [0.1, 0.15) is 40.0 Å². The monoisotopic (exact) mass is 283 g/mol. The average molecular weight is 283 g/mol. The second-order valence-electron chi connectivity index (χ2n) is 5.85. The third kappa shape index (κ3) is 3.95. The van der Waals surface area contributed by atoms with Gasteiger partial charge in [0.25, 0.3) is 0 Å². The number of carbonyl (C=O) groups excluding carboxylic acids is 2. The Bertz CT molecular complexity index is 342. The largest absolute Gasteiger partial charge is 0.342 e. The summed E-state index contributed by atoms with van der Waals surface area (Å²) >= 11 is 0. The average Bonchev–Trinajstić information content (AvgIpc) is 2.42. The van der Waals surface area contributed by atoms with Crippen LogP contribution in [0.25, 0.3) is 0 Å². The smallest absolute Gasteiger partial charge is 0.242 e. The van der Waals surface area contributed by atoms with Crippen molar-refractivity contribution >= 4 is 11.8 Å². The number of hydrogen-bond donors (Lipinski definition) is 1. The lowest BCUT2D eigenvalue weighted by Crippen LogP contribution is -2.50. The number of hydrogen-bond acceptors (Lipinski definition) is 3. The van der Waals surface area contributed by atoms with Crippen LogP contribution in [0.15, 0.2) is 0 Å². The highest BCUT2D eigenvalue weighted by Gasteiger charge is 2.34. The normalized spacial score (nSPS) is 26.1. The van der Waals surface area contributed by atoms with E-state index in [-0.39, 0.29) is 30.3 Å². The van der Waals surface area contributed by atoms with Crippen molar-refractivity contribution in [1.29, 1.82) is 0 Å². The maximum absolute atomic E-state index is 12.5. The standard InChI is InChI=1S/C15H29N3O2/c1-5-18(6-2)13(19)10-17(4)15(20)12-9-7-8-11(3)14(12)16/h11-12,14H,5-10,16H2,1-4H3. The number of rotatable bonds is 5. The highest BCUT2D eigenvalue weighted by atomic mass is 16.2. The van der Waals surface area contributed by atoms with Crippen molar-refractivity contribution in [2.24, 2.45) is 17.6 Å². The van der Waals surface area contributed by atoms with Gasteiger partial charge in [0.2, 0.25) is 11.8 Å². The third-order valence-electron chi connectivity index (χ3n) is 4.48. The summed E-state index contributed by atoms with van der Waals surface area (Å²) in [7, 11) is 1.70. The number of nitrogens with zero attached hydrogens (tertiary/aromatic N) is 2. The minimum atomic E-state index is -0.131. The molecule has 0 aliphatic heterocycles. The summed E-state index contributed by atoms with van der Waals surface area (Å²) in [6.07, 6.45) is 2.98. The molecule has 0 radical (unpaired) electrons. The van der Waals surface area contributed by atoms with E-state index in [1.807, 2.05) is 13.8 Å². The van der Waals surface area contributed by atoms with Crippen LogP contribution in [0, 0.1) is 11.8 Å². The Labute approximate surface area is 122 Å². The summed E-state index contributed by atoms with van der Waals surface area (Å²) in [6, 6.07) is -0.0812. The molecule has 20 heavy (non-hydrogen) atoms. The van der Waals surface area contributed by atoms with Crippen molar-refractivity contribution in [1.82, 2.24) is 9.80 Å². The molecule has 0 heterocycles. The Morgan fingerprint density at radius 1 is 1.20 bits per heavy atom. The first-order chi connectivity index (χ1) is 9.42. The zero-order chi connectivity index (χ0) is 15.3. The van der Waals surface area contributed by atoms with Crippen LogP contribution in [-0.2, 0) is 9.59 Å². The highest BCUT2D eigenvalue weighted by Crippen LogP contribution is 2.28. The molecule has 0 aromatic rings. The second kappa shape index (κ2) is 7.62. The molecule has 0 aromatic heterocycles. The lowest BCUT2D eigenvalue weighted by molar-refractivity contribution is -0.142. The van der Waals surface area contributed by atoms with Crippen molar-refractivity contribution in [2.45, 2.75) is 46.1 Å². The Morgan fingerprint density at radius 3 is 2.35 bits per heavy atom. The first-order valence-corrected chi connectivity index (χ1v) is 7.70. The molecule has 5 nitrogen and oxygen atoms in total. The van der Waals surface area contributed by atoms with E-state index in [0.29, 0.717) is 19.0 Å². The summed E-state index contributed by atoms with van der Waals surface area (Å²) in [4.78, 5) is 27.8. The van der Waals surface area contributed by atoms with E-state index in [1.165, 1.54) is 0 Å². The van der Waals surface area contributed by atoms with Crippen LogP contribution >= 0.6 is 0 Å². The quantitative estimate of drug-likeness (QED) is 0.821. The van der Waals surface area contributed by atoms with Gasteiger partial charge in [-0.2, -0.15) is 0 Å². The SMILES string of the molecule is CCN(CC)C(=O)CN(C)C(=O)C1CCCC(C)C1N. The van der Waals surface area contributed by atoms with Gasteiger partial charge < -0.3 is 15.5 Å². The van der Waals surface area contributed by atoms with Gasteiger partial charge in [-0.3, -0.25) is 9.59 Å². The van der Waals surface area contributed by atoms with Gasteiger partial charge in [0, 0.05) is 26.2 Å². The molecule has 3 atom stereocenters. The van der Waals surface area contributed by atoms with Crippen LogP contribution in [-0.4, -0.2) is 54.3 Å². The van der Waals surface area contributed by atoms with Crippen LogP contribution in [0.4, 0.5) is 0 Å². The molecular formula is C15H29N3O2. The molecule has 2 N–H and O–H groups in total. The van der Waals surface area contributed by atoms with E-state index in [2.05, 4.69) is 6.92 Å². The number of carbonyl (C=O) groups is 2. The molecule has 0 saturated heterocycles. The summed E-state index contributed by atoms with van der Waals surface area (Å²) in [5.41, 5.74) is 6.16. The zero-order valence-electron chi connectivity index (χ0n) is 13.3. The molecule has 1 aliphatic rings. The molecule has 0 aromatic carbocycles. The molecule has 1 rings (SSSR count).